The van der Waals surface area contributed by atoms with Crippen molar-refractivity contribution in [1.29, 1.82) is 0 Å². The predicted octanol–water partition coefficient (Wildman–Crippen LogP) is 5.59. The second kappa shape index (κ2) is 13.9. The molecule has 0 unspecified atom stereocenters. The highest BCUT2D eigenvalue weighted by atomic mass is 15.2. The SMILES string of the molecule is CCCN(CCC)Cc1ccc(NCc2ccc(CN(Cc3nccn3C)Cc3nccn3C)cc2)cc1. The highest BCUT2D eigenvalue weighted by molar-refractivity contribution is 5.45. The fraction of sp³-hybridized carbons (Fsp3) is 0.419. The number of aryl methyl sites for hydroxylation is 2. The van der Waals surface area contributed by atoms with Crippen LogP contribution in [0.2, 0.25) is 0 Å². The zero-order chi connectivity index (χ0) is 26.7. The van der Waals surface area contributed by atoms with E-state index in [0.717, 1.165) is 63.1 Å². The van der Waals surface area contributed by atoms with Gasteiger partial charge in [-0.2, -0.15) is 0 Å². The minimum atomic E-state index is 0.768. The normalized spacial score (nSPS) is 11.5. The van der Waals surface area contributed by atoms with Crippen molar-refractivity contribution in [1.82, 2.24) is 28.9 Å². The van der Waals surface area contributed by atoms with E-state index in [0.29, 0.717) is 0 Å². The zero-order valence-corrected chi connectivity index (χ0v) is 23.5. The van der Waals surface area contributed by atoms with Gasteiger partial charge in [-0.25, -0.2) is 9.97 Å². The van der Waals surface area contributed by atoms with Crippen LogP contribution in [0.4, 0.5) is 5.69 Å². The standard InChI is InChI=1S/C31H43N7/c1-5-17-37(18-6-2)22-28-11-13-29(14-12-28)34-21-26-7-9-27(10-8-26)23-38(24-30-32-15-19-35(30)3)25-31-33-16-20-36(31)4/h7-16,19-20,34H,5-6,17-18,21-25H2,1-4H3. The first-order valence-electron chi connectivity index (χ1n) is 13.8. The molecular formula is C31H43N7. The third-order valence-corrected chi connectivity index (χ3v) is 6.94. The van der Waals surface area contributed by atoms with Crippen molar-refractivity contribution < 1.29 is 0 Å². The minimum Gasteiger partial charge on any atom is -0.381 e. The molecule has 4 rings (SSSR count). The molecule has 2 aromatic heterocycles. The number of nitrogens with zero attached hydrogens (tertiary/aromatic N) is 6. The van der Waals surface area contributed by atoms with Gasteiger partial charge in [0.1, 0.15) is 11.6 Å². The van der Waals surface area contributed by atoms with Crippen LogP contribution in [-0.4, -0.2) is 42.0 Å². The maximum atomic E-state index is 4.54. The second-order valence-electron chi connectivity index (χ2n) is 10.2. The topological polar surface area (TPSA) is 54.1 Å². The summed E-state index contributed by atoms with van der Waals surface area (Å²) in [7, 11) is 4.09. The number of imidazole rings is 2. The van der Waals surface area contributed by atoms with Crippen molar-refractivity contribution in [3.8, 4) is 0 Å². The molecular weight excluding hydrogens is 470 g/mol. The smallest absolute Gasteiger partial charge is 0.122 e. The molecule has 0 spiro atoms. The summed E-state index contributed by atoms with van der Waals surface area (Å²) in [5.74, 6) is 2.10. The van der Waals surface area contributed by atoms with E-state index >= 15 is 0 Å². The van der Waals surface area contributed by atoms with Crippen molar-refractivity contribution in [2.75, 3.05) is 18.4 Å². The van der Waals surface area contributed by atoms with E-state index in [1.54, 1.807) is 0 Å². The molecule has 7 heteroatoms. The van der Waals surface area contributed by atoms with Gasteiger partial charge >= 0.3 is 0 Å². The number of rotatable bonds is 15. The van der Waals surface area contributed by atoms with E-state index in [1.807, 2.05) is 38.9 Å². The Labute approximate surface area is 228 Å². The molecule has 38 heavy (non-hydrogen) atoms. The van der Waals surface area contributed by atoms with Gasteiger partial charge in [-0.15, -0.1) is 0 Å². The Kier molecular flexibility index (Phi) is 10.1. The Hall–Kier alpha value is -3.42. The molecule has 0 aliphatic rings. The van der Waals surface area contributed by atoms with Crippen molar-refractivity contribution in [3.63, 3.8) is 0 Å². The summed E-state index contributed by atoms with van der Waals surface area (Å²) in [5.41, 5.74) is 5.09. The lowest BCUT2D eigenvalue weighted by Gasteiger charge is -2.22. The van der Waals surface area contributed by atoms with Crippen molar-refractivity contribution in [2.24, 2.45) is 14.1 Å². The fourth-order valence-corrected chi connectivity index (χ4v) is 4.78. The van der Waals surface area contributed by atoms with Gasteiger partial charge in [-0.05, 0) is 54.8 Å². The van der Waals surface area contributed by atoms with Gasteiger partial charge in [0, 0.05) is 64.2 Å². The molecule has 0 saturated heterocycles. The third-order valence-electron chi connectivity index (χ3n) is 6.94. The van der Waals surface area contributed by atoms with E-state index in [2.05, 4.69) is 96.6 Å². The van der Waals surface area contributed by atoms with E-state index < -0.39 is 0 Å². The van der Waals surface area contributed by atoms with Crippen LogP contribution >= 0.6 is 0 Å². The largest absolute Gasteiger partial charge is 0.381 e. The van der Waals surface area contributed by atoms with Crippen LogP contribution in [-0.2, 0) is 46.8 Å². The Bertz CT molecular complexity index is 1180. The first kappa shape index (κ1) is 27.6. The van der Waals surface area contributed by atoms with Crippen LogP contribution < -0.4 is 5.32 Å². The van der Waals surface area contributed by atoms with Gasteiger partial charge < -0.3 is 14.5 Å². The van der Waals surface area contributed by atoms with Crippen LogP contribution in [0.3, 0.4) is 0 Å². The molecule has 202 valence electrons. The lowest BCUT2D eigenvalue weighted by atomic mass is 10.1. The molecule has 0 bridgehead atoms. The molecule has 2 heterocycles. The molecule has 0 atom stereocenters. The Morgan fingerprint density at radius 3 is 1.58 bits per heavy atom. The summed E-state index contributed by atoms with van der Waals surface area (Å²) in [4.78, 5) is 14.0. The van der Waals surface area contributed by atoms with Crippen LogP contribution in [0.15, 0.2) is 73.3 Å². The average Bonchev–Trinajstić information content (AvgIpc) is 3.51. The van der Waals surface area contributed by atoms with Crippen LogP contribution in [0.1, 0.15) is 55.0 Å². The summed E-state index contributed by atoms with van der Waals surface area (Å²) in [6.07, 6.45) is 10.1. The minimum absolute atomic E-state index is 0.768. The van der Waals surface area contributed by atoms with Gasteiger partial charge in [0.05, 0.1) is 13.1 Å². The van der Waals surface area contributed by atoms with E-state index in [4.69, 9.17) is 0 Å². The zero-order valence-electron chi connectivity index (χ0n) is 23.5. The highest BCUT2D eigenvalue weighted by Gasteiger charge is 2.13. The lowest BCUT2D eigenvalue weighted by Crippen LogP contribution is -2.25. The molecule has 0 fully saturated rings. The van der Waals surface area contributed by atoms with Crippen molar-refractivity contribution in [2.45, 2.75) is 59.4 Å². The van der Waals surface area contributed by atoms with Crippen molar-refractivity contribution in [3.05, 3.63) is 102 Å². The summed E-state index contributed by atoms with van der Waals surface area (Å²) in [6.45, 7) is 11.0. The van der Waals surface area contributed by atoms with Gasteiger partial charge in [-0.1, -0.05) is 50.2 Å². The van der Waals surface area contributed by atoms with E-state index in [1.165, 1.54) is 29.5 Å². The third kappa shape index (κ3) is 8.04. The number of hydrogen-bond acceptors (Lipinski definition) is 5. The Morgan fingerprint density at radius 2 is 1.11 bits per heavy atom. The summed E-state index contributed by atoms with van der Waals surface area (Å²) in [5, 5.41) is 3.58. The first-order valence-corrected chi connectivity index (χ1v) is 13.8. The molecule has 0 saturated carbocycles. The molecule has 7 nitrogen and oxygen atoms in total. The number of nitrogens with one attached hydrogen (secondary N) is 1. The molecule has 0 amide bonds. The molecule has 0 aliphatic heterocycles. The molecule has 1 N–H and O–H groups in total. The number of hydrogen-bond donors (Lipinski definition) is 1. The predicted molar refractivity (Wildman–Crippen MR) is 155 cm³/mol. The lowest BCUT2D eigenvalue weighted by molar-refractivity contribution is 0.230. The fourth-order valence-electron chi connectivity index (χ4n) is 4.78. The van der Waals surface area contributed by atoms with Crippen LogP contribution in [0, 0.1) is 0 Å². The Balaban J connectivity index is 1.32. The van der Waals surface area contributed by atoms with Gasteiger partial charge in [0.15, 0.2) is 0 Å². The van der Waals surface area contributed by atoms with Crippen LogP contribution in [0.25, 0.3) is 0 Å². The number of aromatic nitrogens is 4. The van der Waals surface area contributed by atoms with Gasteiger partial charge in [-0.3, -0.25) is 9.80 Å². The van der Waals surface area contributed by atoms with E-state index in [9.17, 15) is 0 Å². The van der Waals surface area contributed by atoms with E-state index in [-0.39, 0.29) is 0 Å². The summed E-state index contributed by atoms with van der Waals surface area (Å²) in [6, 6.07) is 17.8. The average molecular weight is 514 g/mol. The van der Waals surface area contributed by atoms with Crippen molar-refractivity contribution >= 4 is 5.69 Å². The highest BCUT2D eigenvalue weighted by Crippen LogP contribution is 2.16. The number of benzene rings is 2. The Morgan fingerprint density at radius 1 is 0.632 bits per heavy atom. The molecule has 0 aliphatic carbocycles. The van der Waals surface area contributed by atoms with Gasteiger partial charge in [0.25, 0.3) is 0 Å². The second-order valence-corrected chi connectivity index (χ2v) is 10.2. The quantitative estimate of drug-likeness (QED) is 0.225. The summed E-state index contributed by atoms with van der Waals surface area (Å²) < 4.78 is 4.16. The first-order chi connectivity index (χ1) is 18.5. The monoisotopic (exact) mass is 513 g/mol. The maximum absolute atomic E-state index is 4.54. The van der Waals surface area contributed by atoms with Crippen LogP contribution in [0.5, 0.6) is 0 Å². The number of anilines is 1. The van der Waals surface area contributed by atoms with Gasteiger partial charge in [0.2, 0.25) is 0 Å². The summed E-state index contributed by atoms with van der Waals surface area (Å²) >= 11 is 0. The molecule has 0 radical (unpaired) electrons. The molecule has 2 aromatic carbocycles. The maximum Gasteiger partial charge on any atom is 0.122 e. The molecule has 4 aromatic rings.